The SMILES string of the molecule is CCCc1nc(C2NCCCC2(C)C)n[nH]1. The molecule has 2 N–H and O–H groups in total. The molecule has 1 aliphatic heterocycles. The first-order valence-corrected chi connectivity index (χ1v) is 6.28. The van der Waals surface area contributed by atoms with Gasteiger partial charge in [-0.1, -0.05) is 20.8 Å². The molecule has 16 heavy (non-hydrogen) atoms. The smallest absolute Gasteiger partial charge is 0.168 e. The molecule has 0 bridgehead atoms. The summed E-state index contributed by atoms with van der Waals surface area (Å²) in [6.45, 7) is 7.82. The third-order valence-corrected chi connectivity index (χ3v) is 3.42. The van der Waals surface area contributed by atoms with Gasteiger partial charge in [0.1, 0.15) is 5.82 Å². The number of hydrogen-bond donors (Lipinski definition) is 2. The van der Waals surface area contributed by atoms with E-state index < -0.39 is 0 Å². The number of aromatic nitrogens is 3. The Bertz CT molecular complexity index is 343. The molecule has 2 heterocycles. The Hall–Kier alpha value is -0.900. The molecule has 1 aromatic rings. The maximum Gasteiger partial charge on any atom is 0.168 e. The molecule has 2 rings (SSSR count). The van der Waals surface area contributed by atoms with E-state index in [1.54, 1.807) is 0 Å². The minimum absolute atomic E-state index is 0.254. The first kappa shape index (κ1) is 11.6. The van der Waals surface area contributed by atoms with Gasteiger partial charge in [-0.15, -0.1) is 0 Å². The van der Waals surface area contributed by atoms with E-state index in [0.717, 1.165) is 31.0 Å². The van der Waals surface area contributed by atoms with Gasteiger partial charge in [0.2, 0.25) is 0 Å². The monoisotopic (exact) mass is 222 g/mol. The number of aromatic amines is 1. The van der Waals surface area contributed by atoms with E-state index in [-0.39, 0.29) is 5.41 Å². The van der Waals surface area contributed by atoms with E-state index >= 15 is 0 Å². The van der Waals surface area contributed by atoms with Gasteiger partial charge in [0, 0.05) is 6.42 Å². The number of hydrogen-bond acceptors (Lipinski definition) is 3. The maximum atomic E-state index is 4.59. The van der Waals surface area contributed by atoms with Crippen LogP contribution in [0.2, 0.25) is 0 Å². The molecule has 0 amide bonds. The van der Waals surface area contributed by atoms with Gasteiger partial charge in [0.25, 0.3) is 0 Å². The summed E-state index contributed by atoms with van der Waals surface area (Å²) in [5, 5.41) is 10.9. The highest BCUT2D eigenvalue weighted by molar-refractivity contribution is 5.04. The van der Waals surface area contributed by atoms with Crippen LogP contribution < -0.4 is 5.32 Å². The predicted molar refractivity (Wildman–Crippen MR) is 64.1 cm³/mol. The van der Waals surface area contributed by atoms with Crippen LogP contribution in [0.4, 0.5) is 0 Å². The molecule has 1 atom stereocenters. The van der Waals surface area contributed by atoms with Crippen molar-refractivity contribution < 1.29 is 0 Å². The van der Waals surface area contributed by atoms with Crippen LogP contribution in [0.15, 0.2) is 0 Å². The number of nitrogens with zero attached hydrogens (tertiary/aromatic N) is 2. The molecule has 1 aliphatic rings. The summed E-state index contributed by atoms with van der Waals surface area (Å²) in [6.07, 6.45) is 4.58. The van der Waals surface area contributed by atoms with Gasteiger partial charge in [0.05, 0.1) is 6.04 Å². The van der Waals surface area contributed by atoms with Gasteiger partial charge in [-0.05, 0) is 31.2 Å². The minimum Gasteiger partial charge on any atom is -0.307 e. The lowest BCUT2D eigenvalue weighted by Crippen LogP contribution is -2.40. The molecule has 4 nitrogen and oxygen atoms in total. The first-order chi connectivity index (χ1) is 7.63. The van der Waals surface area contributed by atoms with E-state index in [4.69, 9.17) is 0 Å². The maximum absolute atomic E-state index is 4.59. The van der Waals surface area contributed by atoms with Crippen LogP contribution in [0.5, 0.6) is 0 Å². The largest absolute Gasteiger partial charge is 0.307 e. The molecule has 1 aromatic heterocycles. The van der Waals surface area contributed by atoms with Gasteiger partial charge in [-0.2, -0.15) is 5.10 Å². The van der Waals surface area contributed by atoms with Crippen molar-refractivity contribution in [1.82, 2.24) is 20.5 Å². The average molecular weight is 222 g/mol. The average Bonchev–Trinajstić information content (AvgIpc) is 2.66. The lowest BCUT2D eigenvalue weighted by molar-refractivity contribution is 0.174. The van der Waals surface area contributed by atoms with Crippen LogP contribution in [-0.4, -0.2) is 21.7 Å². The molecule has 0 radical (unpaired) electrons. The zero-order valence-corrected chi connectivity index (χ0v) is 10.5. The Balaban J connectivity index is 2.15. The molecule has 1 unspecified atom stereocenters. The fraction of sp³-hybridized carbons (Fsp3) is 0.833. The topological polar surface area (TPSA) is 53.6 Å². The fourth-order valence-corrected chi connectivity index (χ4v) is 2.44. The van der Waals surface area contributed by atoms with Crippen molar-refractivity contribution in [1.29, 1.82) is 0 Å². The lowest BCUT2D eigenvalue weighted by Gasteiger charge is -2.37. The van der Waals surface area contributed by atoms with Crippen molar-refractivity contribution in [3.05, 3.63) is 11.6 Å². The molecule has 0 saturated carbocycles. The second-order valence-electron chi connectivity index (χ2n) is 5.37. The van der Waals surface area contributed by atoms with Crippen molar-refractivity contribution in [3.63, 3.8) is 0 Å². The number of aryl methyl sites for hydroxylation is 1. The number of piperidine rings is 1. The molecule has 4 heteroatoms. The Labute approximate surface area is 97.2 Å². The first-order valence-electron chi connectivity index (χ1n) is 6.28. The summed E-state index contributed by atoms with van der Waals surface area (Å²) in [7, 11) is 0. The van der Waals surface area contributed by atoms with Crippen LogP contribution in [0.1, 0.15) is 57.7 Å². The second kappa shape index (κ2) is 4.53. The van der Waals surface area contributed by atoms with Crippen molar-refractivity contribution in [2.75, 3.05) is 6.54 Å². The van der Waals surface area contributed by atoms with Crippen molar-refractivity contribution >= 4 is 0 Å². The van der Waals surface area contributed by atoms with Gasteiger partial charge in [0.15, 0.2) is 5.82 Å². The number of nitrogens with one attached hydrogen (secondary N) is 2. The van der Waals surface area contributed by atoms with Crippen LogP contribution >= 0.6 is 0 Å². The summed E-state index contributed by atoms with van der Waals surface area (Å²) < 4.78 is 0. The summed E-state index contributed by atoms with van der Waals surface area (Å²) in [5.41, 5.74) is 0.254. The molecule has 1 saturated heterocycles. The third-order valence-electron chi connectivity index (χ3n) is 3.42. The Morgan fingerprint density at radius 3 is 2.94 bits per heavy atom. The number of H-pyrrole nitrogens is 1. The van der Waals surface area contributed by atoms with E-state index in [0.29, 0.717) is 6.04 Å². The van der Waals surface area contributed by atoms with E-state index in [1.165, 1.54) is 12.8 Å². The standard InChI is InChI=1S/C12H22N4/c1-4-6-9-14-11(16-15-9)10-12(2,3)7-5-8-13-10/h10,13H,4-8H2,1-3H3,(H,14,15,16). The minimum atomic E-state index is 0.254. The van der Waals surface area contributed by atoms with Crippen molar-refractivity contribution in [2.24, 2.45) is 5.41 Å². The van der Waals surface area contributed by atoms with E-state index in [9.17, 15) is 0 Å². The highest BCUT2D eigenvalue weighted by Gasteiger charge is 2.35. The third kappa shape index (κ3) is 2.26. The molecule has 0 aromatic carbocycles. The molecule has 1 fully saturated rings. The van der Waals surface area contributed by atoms with Gasteiger partial charge in [-0.3, -0.25) is 5.10 Å². The van der Waals surface area contributed by atoms with Crippen LogP contribution in [0.25, 0.3) is 0 Å². The lowest BCUT2D eigenvalue weighted by atomic mass is 9.77. The van der Waals surface area contributed by atoms with Gasteiger partial charge < -0.3 is 5.32 Å². The summed E-state index contributed by atoms with van der Waals surface area (Å²) in [6, 6.07) is 0.295. The molecule has 0 spiro atoms. The van der Waals surface area contributed by atoms with E-state index in [1.807, 2.05) is 0 Å². The normalized spacial score (nSPS) is 24.6. The van der Waals surface area contributed by atoms with Gasteiger partial charge in [-0.25, -0.2) is 4.98 Å². The quantitative estimate of drug-likeness (QED) is 0.824. The predicted octanol–water partition coefficient (Wildman–Crippen LogP) is 2.21. The van der Waals surface area contributed by atoms with Crippen LogP contribution in [-0.2, 0) is 6.42 Å². The summed E-state index contributed by atoms with van der Waals surface area (Å²) in [4.78, 5) is 4.59. The molecular weight excluding hydrogens is 200 g/mol. The fourth-order valence-electron chi connectivity index (χ4n) is 2.44. The highest BCUT2D eigenvalue weighted by Crippen LogP contribution is 2.38. The van der Waals surface area contributed by atoms with Gasteiger partial charge >= 0.3 is 0 Å². The van der Waals surface area contributed by atoms with Crippen molar-refractivity contribution in [2.45, 2.75) is 52.5 Å². The van der Waals surface area contributed by atoms with Crippen LogP contribution in [0, 0.1) is 5.41 Å². The highest BCUT2D eigenvalue weighted by atomic mass is 15.2. The Morgan fingerprint density at radius 1 is 1.44 bits per heavy atom. The summed E-state index contributed by atoms with van der Waals surface area (Å²) >= 11 is 0. The zero-order valence-electron chi connectivity index (χ0n) is 10.5. The zero-order chi connectivity index (χ0) is 11.6. The Morgan fingerprint density at radius 2 is 2.25 bits per heavy atom. The molecule has 90 valence electrons. The number of rotatable bonds is 3. The van der Waals surface area contributed by atoms with E-state index in [2.05, 4.69) is 41.3 Å². The van der Waals surface area contributed by atoms with Crippen LogP contribution in [0.3, 0.4) is 0 Å². The Kier molecular flexibility index (Phi) is 3.28. The summed E-state index contributed by atoms with van der Waals surface area (Å²) in [5.74, 6) is 1.95. The molecule has 0 aliphatic carbocycles. The molecular formula is C12H22N4. The second-order valence-corrected chi connectivity index (χ2v) is 5.37. The van der Waals surface area contributed by atoms with Crippen molar-refractivity contribution in [3.8, 4) is 0 Å².